The van der Waals surface area contributed by atoms with Crippen LogP contribution in [0.1, 0.15) is 30.9 Å². The fraction of sp³-hybridized carbons (Fsp3) is 0.600. The third kappa shape index (κ3) is 2.99. The van der Waals surface area contributed by atoms with Gasteiger partial charge in [-0.15, -0.1) is 0 Å². The van der Waals surface area contributed by atoms with E-state index in [1.54, 1.807) is 21.3 Å². The zero-order valence-electron chi connectivity index (χ0n) is 12.3. The first kappa shape index (κ1) is 14.9. The van der Waals surface area contributed by atoms with Gasteiger partial charge in [-0.3, -0.25) is 0 Å². The first-order chi connectivity index (χ1) is 9.71. The molecule has 20 heavy (non-hydrogen) atoms. The molecule has 2 N–H and O–H groups in total. The summed E-state index contributed by atoms with van der Waals surface area (Å²) in [6.07, 6.45) is 3.21. The Balaban J connectivity index is 2.25. The number of nitrogens with two attached hydrogens (primary N) is 1. The Hall–Kier alpha value is -1.46. The summed E-state index contributed by atoms with van der Waals surface area (Å²) in [5.74, 6) is 1.85. The van der Waals surface area contributed by atoms with Gasteiger partial charge in [-0.2, -0.15) is 0 Å². The lowest BCUT2D eigenvalue weighted by Crippen LogP contribution is -2.19. The van der Waals surface area contributed by atoms with E-state index in [0.717, 1.165) is 31.4 Å². The first-order valence-corrected chi connectivity index (χ1v) is 6.87. The second kappa shape index (κ2) is 6.81. The van der Waals surface area contributed by atoms with Gasteiger partial charge in [0.1, 0.15) is 0 Å². The van der Waals surface area contributed by atoms with Gasteiger partial charge in [0.15, 0.2) is 11.5 Å². The lowest BCUT2D eigenvalue weighted by molar-refractivity contribution is 0.0980. The fourth-order valence-electron chi connectivity index (χ4n) is 2.66. The van der Waals surface area contributed by atoms with Crippen molar-refractivity contribution in [3.05, 3.63) is 17.7 Å². The molecule has 1 saturated heterocycles. The highest BCUT2D eigenvalue weighted by molar-refractivity contribution is 5.56. The molecule has 5 heteroatoms. The Bertz CT molecular complexity index is 444. The highest BCUT2D eigenvalue weighted by Gasteiger charge is 2.24. The van der Waals surface area contributed by atoms with Gasteiger partial charge in [-0.1, -0.05) is 0 Å². The smallest absolute Gasteiger partial charge is 0.203 e. The maximum atomic E-state index is 6.31. The summed E-state index contributed by atoms with van der Waals surface area (Å²) in [7, 11) is 4.80. The summed E-state index contributed by atoms with van der Waals surface area (Å²) in [4.78, 5) is 0. The van der Waals surface area contributed by atoms with Gasteiger partial charge in [0.05, 0.1) is 27.4 Å². The molecule has 0 spiro atoms. The van der Waals surface area contributed by atoms with E-state index in [2.05, 4.69) is 0 Å². The monoisotopic (exact) mass is 281 g/mol. The molecular weight excluding hydrogens is 258 g/mol. The molecule has 2 unspecified atom stereocenters. The van der Waals surface area contributed by atoms with Crippen LogP contribution in [0.2, 0.25) is 0 Å². The van der Waals surface area contributed by atoms with Crippen LogP contribution >= 0.6 is 0 Å². The Morgan fingerprint density at radius 3 is 2.50 bits per heavy atom. The van der Waals surface area contributed by atoms with Crippen molar-refractivity contribution in [3.8, 4) is 17.2 Å². The Morgan fingerprint density at radius 2 is 1.95 bits per heavy atom. The molecule has 0 bridgehead atoms. The van der Waals surface area contributed by atoms with Crippen LogP contribution in [-0.4, -0.2) is 34.0 Å². The van der Waals surface area contributed by atoms with Crippen molar-refractivity contribution < 1.29 is 18.9 Å². The first-order valence-electron chi connectivity index (χ1n) is 6.87. The maximum absolute atomic E-state index is 6.31. The number of benzene rings is 1. The molecule has 1 aromatic carbocycles. The second-order valence-electron chi connectivity index (χ2n) is 4.90. The number of hydrogen-bond acceptors (Lipinski definition) is 5. The van der Waals surface area contributed by atoms with Crippen molar-refractivity contribution in [2.75, 3.05) is 27.9 Å². The Morgan fingerprint density at radius 1 is 1.20 bits per heavy atom. The van der Waals surface area contributed by atoms with Gasteiger partial charge in [-0.05, 0) is 31.4 Å². The van der Waals surface area contributed by atoms with Gasteiger partial charge < -0.3 is 24.7 Å². The van der Waals surface area contributed by atoms with Crippen LogP contribution in [0.15, 0.2) is 12.1 Å². The number of ether oxygens (including phenoxy) is 4. The van der Waals surface area contributed by atoms with Crippen molar-refractivity contribution in [2.24, 2.45) is 5.73 Å². The summed E-state index contributed by atoms with van der Waals surface area (Å²) >= 11 is 0. The normalized spacial score (nSPS) is 19.7. The molecule has 2 rings (SSSR count). The van der Waals surface area contributed by atoms with E-state index in [1.807, 2.05) is 12.1 Å². The summed E-state index contributed by atoms with van der Waals surface area (Å²) < 4.78 is 21.8. The number of methoxy groups -OCH3 is 3. The van der Waals surface area contributed by atoms with Crippen molar-refractivity contribution in [3.63, 3.8) is 0 Å². The molecule has 0 amide bonds. The molecule has 1 aromatic rings. The third-order valence-corrected chi connectivity index (χ3v) is 3.67. The standard InChI is InChI=1S/C15H23NO4/c1-17-13-7-6-11(14(18-2)15(13)19-3)12(16)9-10-5-4-8-20-10/h6-7,10,12H,4-5,8-9,16H2,1-3H3. The van der Waals surface area contributed by atoms with Crippen LogP contribution in [0.25, 0.3) is 0 Å². The van der Waals surface area contributed by atoms with Gasteiger partial charge in [0.25, 0.3) is 0 Å². The second-order valence-corrected chi connectivity index (χ2v) is 4.90. The van der Waals surface area contributed by atoms with Gasteiger partial charge in [-0.25, -0.2) is 0 Å². The lowest BCUT2D eigenvalue weighted by atomic mass is 9.98. The van der Waals surface area contributed by atoms with Crippen LogP contribution in [0, 0.1) is 0 Å². The number of rotatable bonds is 6. The van der Waals surface area contributed by atoms with Gasteiger partial charge in [0, 0.05) is 18.2 Å². The van der Waals surface area contributed by atoms with E-state index in [0.29, 0.717) is 17.2 Å². The van der Waals surface area contributed by atoms with Crippen LogP contribution < -0.4 is 19.9 Å². The van der Waals surface area contributed by atoms with E-state index < -0.39 is 0 Å². The highest BCUT2D eigenvalue weighted by atomic mass is 16.5. The molecular formula is C15H23NO4. The molecule has 2 atom stereocenters. The topological polar surface area (TPSA) is 62.9 Å². The van der Waals surface area contributed by atoms with Crippen LogP contribution in [0.4, 0.5) is 0 Å². The minimum Gasteiger partial charge on any atom is -0.493 e. The van der Waals surface area contributed by atoms with E-state index in [9.17, 15) is 0 Å². The van der Waals surface area contributed by atoms with Crippen molar-refractivity contribution in [1.29, 1.82) is 0 Å². The van der Waals surface area contributed by atoms with E-state index in [1.165, 1.54) is 0 Å². The quantitative estimate of drug-likeness (QED) is 0.866. The molecule has 0 saturated carbocycles. The highest BCUT2D eigenvalue weighted by Crippen LogP contribution is 2.42. The van der Waals surface area contributed by atoms with E-state index >= 15 is 0 Å². The van der Waals surface area contributed by atoms with E-state index in [-0.39, 0.29) is 12.1 Å². The molecule has 1 aliphatic heterocycles. The summed E-state index contributed by atoms with van der Waals surface area (Å²) in [6, 6.07) is 3.64. The largest absolute Gasteiger partial charge is 0.493 e. The maximum Gasteiger partial charge on any atom is 0.203 e. The molecule has 1 fully saturated rings. The zero-order chi connectivity index (χ0) is 14.5. The average Bonchev–Trinajstić information content (AvgIpc) is 2.98. The molecule has 1 aliphatic rings. The molecule has 0 aromatic heterocycles. The molecule has 5 nitrogen and oxygen atoms in total. The Kier molecular flexibility index (Phi) is 5.09. The summed E-state index contributed by atoms with van der Waals surface area (Å²) in [5, 5.41) is 0. The minimum atomic E-state index is -0.146. The predicted molar refractivity (Wildman–Crippen MR) is 76.6 cm³/mol. The van der Waals surface area contributed by atoms with E-state index in [4.69, 9.17) is 24.7 Å². The fourth-order valence-corrected chi connectivity index (χ4v) is 2.66. The molecule has 112 valence electrons. The summed E-state index contributed by atoms with van der Waals surface area (Å²) in [6.45, 7) is 0.834. The zero-order valence-corrected chi connectivity index (χ0v) is 12.3. The minimum absolute atomic E-state index is 0.146. The van der Waals surface area contributed by atoms with Gasteiger partial charge in [0.2, 0.25) is 5.75 Å². The van der Waals surface area contributed by atoms with Crippen LogP contribution in [0.3, 0.4) is 0 Å². The third-order valence-electron chi connectivity index (χ3n) is 3.67. The Labute approximate surface area is 120 Å². The SMILES string of the molecule is COc1ccc(C(N)CC2CCCO2)c(OC)c1OC. The van der Waals surface area contributed by atoms with Crippen LogP contribution in [-0.2, 0) is 4.74 Å². The van der Waals surface area contributed by atoms with Crippen molar-refractivity contribution >= 4 is 0 Å². The van der Waals surface area contributed by atoms with Crippen LogP contribution in [0.5, 0.6) is 17.2 Å². The van der Waals surface area contributed by atoms with Gasteiger partial charge >= 0.3 is 0 Å². The predicted octanol–water partition coefficient (Wildman–Crippen LogP) is 2.28. The molecule has 0 aliphatic carbocycles. The average molecular weight is 281 g/mol. The van der Waals surface area contributed by atoms with Crippen molar-refractivity contribution in [2.45, 2.75) is 31.4 Å². The molecule has 0 radical (unpaired) electrons. The number of hydrogen-bond donors (Lipinski definition) is 1. The van der Waals surface area contributed by atoms with Crippen molar-refractivity contribution in [1.82, 2.24) is 0 Å². The lowest BCUT2D eigenvalue weighted by Gasteiger charge is -2.21. The molecule has 1 heterocycles. The summed E-state index contributed by atoms with van der Waals surface area (Å²) in [5.41, 5.74) is 7.23.